The second kappa shape index (κ2) is 57.0. The first-order valence-electron chi connectivity index (χ1n) is 32.0. The lowest BCUT2D eigenvalue weighted by atomic mass is 10.0. The molecule has 0 amide bonds. The SMILES string of the molecule is CCC/C=C\C/C=C\CCCCCCCC(=O)OC(COC(=O)CCCCCCCCCCCCCCCCCCCCCCCCCCCCCCCCCCCCCC)COC(OCC[N+](C)(C)C)C(=O)O. The molecule has 0 spiro atoms. The van der Waals surface area contributed by atoms with E-state index in [0.717, 1.165) is 64.2 Å². The van der Waals surface area contributed by atoms with Crippen LogP contribution in [0.25, 0.3) is 0 Å². The van der Waals surface area contributed by atoms with Gasteiger partial charge in [-0.05, 0) is 38.5 Å². The summed E-state index contributed by atoms with van der Waals surface area (Å²) in [5.41, 5.74) is 0. The fourth-order valence-electron chi connectivity index (χ4n) is 9.53. The number of hydrogen-bond donors (Lipinski definition) is 1. The molecule has 0 radical (unpaired) electrons. The molecule has 74 heavy (non-hydrogen) atoms. The van der Waals surface area contributed by atoms with E-state index in [-0.39, 0.29) is 32.2 Å². The molecule has 0 rings (SSSR count). The number of likely N-dealkylation sites (N-methyl/N-ethyl adjacent to an activating group) is 1. The summed E-state index contributed by atoms with van der Waals surface area (Å²) in [4.78, 5) is 37.3. The van der Waals surface area contributed by atoms with Crippen molar-refractivity contribution in [3.8, 4) is 0 Å². The highest BCUT2D eigenvalue weighted by atomic mass is 16.7. The Labute approximate surface area is 458 Å². The van der Waals surface area contributed by atoms with Crippen LogP contribution in [0.5, 0.6) is 0 Å². The van der Waals surface area contributed by atoms with Crippen molar-refractivity contribution in [1.29, 1.82) is 0 Å². The Kier molecular flexibility index (Phi) is 55.2. The summed E-state index contributed by atoms with van der Waals surface area (Å²) in [6.45, 7) is 4.84. The summed E-state index contributed by atoms with van der Waals surface area (Å²) in [7, 11) is 5.97. The van der Waals surface area contributed by atoms with E-state index in [4.69, 9.17) is 18.9 Å². The molecular weight excluding hydrogens is 923 g/mol. The van der Waals surface area contributed by atoms with Crippen molar-refractivity contribution in [2.24, 2.45) is 0 Å². The quantitative estimate of drug-likeness (QED) is 0.0211. The molecule has 2 unspecified atom stereocenters. The van der Waals surface area contributed by atoms with Crippen molar-refractivity contribution in [2.45, 2.75) is 328 Å². The summed E-state index contributed by atoms with van der Waals surface area (Å²) >= 11 is 0. The van der Waals surface area contributed by atoms with Gasteiger partial charge in [0, 0.05) is 12.8 Å². The van der Waals surface area contributed by atoms with Crippen LogP contribution >= 0.6 is 0 Å². The molecule has 0 aromatic rings. The molecule has 0 heterocycles. The van der Waals surface area contributed by atoms with Gasteiger partial charge < -0.3 is 28.5 Å². The van der Waals surface area contributed by atoms with E-state index < -0.39 is 24.3 Å². The van der Waals surface area contributed by atoms with Crippen LogP contribution in [0, 0.1) is 0 Å². The third-order valence-corrected chi connectivity index (χ3v) is 14.4. The van der Waals surface area contributed by atoms with Crippen LogP contribution in [0.15, 0.2) is 24.3 Å². The second-order valence-corrected chi connectivity index (χ2v) is 23.1. The predicted molar refractivity (Wildman–Crippen MR) is 314 cm³/mol. The maximum Gasteiger partial charge on any atom is 0.361 e. The normalized spacial score (nSPS) is 12.8. The largest absolute Gasteiger partial charge is 0.477 e. The van der Waals surface area contributed by atoms with Crippen molar-refractivity contribution in [3.05, 3.63) is 24.3 Å². The fourth-order valence-corrected chi connectivity index (χ4v) is 9.53. The lowest BCUT2D eigenvalue weighted by Crippen LogP contribution is -2.40. The number of nitrogens with zero attached hydrogens (tertiary/aromatic N) is 1. The number of carbonyl (C=O) groups is 3. The van der Waals surface area contributed by atoms with Gasteiger partial charge in [-0.1, -0.05) is 289 Å². The highest BCUT2D eigenvalue weighted by Crippen LogP contribution is 2.18. The summed E-state index contributed by atoms with van der Waals surface area (Å²) in [6, 6.07) is 0. The number of carboxylic acids is 1. The maximum absolute atomic E-state index is 12.8. The van der Waals surface area contributed by atoms with E-state index in [1.54, 1.807) is 0 Å². The molecule has 0 aliphatic carbocycles. The van der Waals surface area contributed by atoms with E-state index >= 15 is 0 Å². The van der Waals surface area contributed by atoms with Gasteiger partial charge in [0.1, 0.15) is 13.2 Å². The fraction of sp³-hybridized carbons (Fsp3) is 0.892. The van der Waals surface area contributed by atoms with Crippen molar-refractivity contribution in [1.82, 2.24) is 0 Å². The zero-order valence-corrected chi connectivity index (χ0v) is 49.8. The van der Waals surface area contributed by atoms with E-state index in [0.29, 0.717) is 23.9 Å². The summed E-state index contributed by atoms with van der Waals surface area (Å²) < 4.78 is 22.8. The van der Waals surface area contributed by atoms with E-state index in [2.05, 4.69) is 38.2 Å². The van der Waals surface area contributed by atoms with Gasteiger partial charge in [0.2, 0.25) is 0 Å². The first kappa shape index (κ1) is 71.8. The van der Waals surface area contributed by atoms with Gasteiger partial charge in [0.15, 0.2) is 6.10 Å². The first-order chi connectivity index (χ1) is 36.1. The molecule has 0 aromatic heterocycles. The standard InChI is InChI=1S/C65H123NO8/c1-6-8-10-12-14-16-18-20-21-22-23-24-25-26-27-28-29-30-31-32-33-34-35-36-37-38-39-40-41-42-44-45-47-49-51-53-55-62(67)72-59-61(60-73-65(64(69)70)71-58-57-66(3,4)5)74-63(68)56-54-52-50-48-46-43-19-17-15-13-11-9-7-2/h11,13,17,19,61,65H,6-10,12,14-16,18,20-60H2,1-5H3/p+1/b13-11-,19-17-. The number of esters is 2. The topological polar surface area (TPSA) is 108 Å². The summed E-state index contributed by atoms with van der Waals surface area (Å²) in [6.07, 6.45) is 66.0. The molecule has 0 aliphatic rings. The number of carbonyl (C=O) groups excluding carboxylic acids is 2. The molecule has 9 heteroatoms. The molecule has 436 valence electrons. The molecule has 0 bridgehead atoms. The molecule has 9 nitrogen and oxygen atoms in total. The van der Waals surface area contributed by atoms with E-state index in [1.165, 1.54) is 218 Å². The zero-order chi connectivity index (χ0) is 54.1. The Bertz CT molecular complexity index is 1260. The van der Waals surface area contributed by atoms with Gasteiger partial charge in [0.25, 0.3) is 6.29 Å². The van der Waals surface area contributed by atoms with Crippen LogP contribution in [0.4, 0.5) is 0 Å². The Balaban J connectivity index is 3.92. The minimum atomic E-state index is -1.51. The van der Waals surface area contributed by atoms with Gasteiger partial charge in [0.05, 0.1) is 34.4 Å². The van der Waals surface area contributed by atoms with Gasteiger partial charge in [-0.25, -0.2) is 4.79 Å². The monoisotopic (exact) mass is 1050 g/mol. The van der Waals surface area contributed by atoms with Gasteiger partial charge >= 0.3 is 17.9 Å². The molecule has 0 aromatic carbocycles. The molecule has 2 atom stereocenters. The number of carboxylic acid groups (broad SMARTS) is 1. The molecule has 1 N–H and O–H groups in total. The molecule has 0 aliphatic heterocycles. The highest BCUT2D eigenvalue weighted by Gasteiger charge is 2.25. The number of ether oxygens (including phenoxy) is 4. The van der Waals surface area contributed by atoms with Crippen LogP contribution in [0.2, 0.25) is 0 Å². The molecular formula is C65H124NO8+. The van der Waals surface area contributed by atoms with Crippen LogP contribution in [0.1, 0.15) is 316 Å². The Hall–Kier alpha value is -2.23. The third-order valence-electron chi connectivity index (χ3n) is 14.4. The van der Waals surface area contributed by atoms with Crippen LogP contribution in [0.3, 0.4) is 0 Å². The Morgan fingerprint density at radius 1 is 0.405 bits per heavy atom. The Morgan fingerprint density at radius 2 is 0.757 bits per heavy atom. The number of rotatable bonds is 60. The van der Waals surface area contributed by atoms with Crippen molar-refractivity contribution >= 4 is 17.9 Å². The lowest BCUT2D eigenvalue weighted by molar-refractivity contribution is -0.870. The molecule has 0 saturated heterocycles. The minimum Gasteiger partial charge on any atom is -0.477 e. The molecule has 0 fully saturated rings. The number of aliphatic carboxylic acids is 1. The zero-order valence-electron chi connectivity index (χ0n) is 49.8. The van der Waals surface area contributed by atoms with Crippen molar-refractivity contribution in [3.63, 3.8) is 0 Å². The number of allylic oxidation sites excluding steroid dienone is 4. The van der Waals surface area contributed by atoms with Gasteiger partial charge in [-0.2, -0.15) is 0 Å². The summed E-state index contributed by atoms with van der Waals surface area (Å²) in [5.74, 6) is -2.01. The summed E-state index contributed by atoms with van der Waals surface area (Å²) in [5, 5.41) is 9.69. The number of quaternary nitrogens is 1. The first-order valence-corrected chi connectivity index (χ1v) is 32.0. The van der Waals surface area contributed by atoms with Gasteiger partial charge in [-0.15, -0.1) is 0 Å². The molecule has 0 saturated carbocycles. The average molecular weight is 1050 g/mol. The van der Waals surface area contributed by atoms with Crippen molar-refractivity contribution in [2.75, 3.05) is 47.5 Å². The second-order valence-electron chi connectivity index (χ2n) is 23.1. The average Bonchev–Trinajstić information content (AvgIpc) is 3.37. The number of hydrogen-bond acceptors (Lipinski definition) is 7. The van der Waals surface area contributed by atoms with E-state index in [9.17, 15) is 19.5 Å². The number of unbranched alkanes of at least 4 members (excludes halogenated alkanes) is 41. The maximum atomic E-state index is 12.8. The lowest BCUT2D eigenvalue weighted by Gasteiger charge is -2.25. The van der Waals surface area contributed by atoms with Crippen LogP contribution in [-0.2, 0) is 33.3 Å². The van der Waals surface area contributed by atoms with Gasteiger partial charge in [-0.3, -0.25) is 9.59 Å². The van der Waals surface area contributed by atoms with E-state index in [1.807, 2.05) is 21.1 Å². The van der Waals surface area contributed by atoms with Crippen LogP contribution < -0.4 is 0 Å². The van der Waals surface area contributed by atoms with Crippen molar-refractivity contribution < 1.29 is 42.9 Å². The Morgan fingerprint density at radius 3 is 1.12 bits per heavy atom. The third kappa shape index (κ3) is 57.5. The van der Waals surface area contributed by atoms with Crippen LogP contribution in [-0.4, -0.2) is 87.4 Å². The smallest absolute Gasteiger partial charge is 0.361 e. The predicted octanol–water partition coefficient (Wildman–Crippen LogP) is 19.1. The highest BCUT2D eigenvalue weighted by molar-refractivity contribution is 5.71. The minimum absolute atomic E-state index is 0.183.